The molecule has 0 atom stereocenters. The fourth-order valence-electron chi connectivity index (χ4n) is 2.50. The quantitative estimate of drug-likeness (QED) is 0.851. The normalized spacial score (nSPS) is 17.7. The molecule has 4 nitrogen and oxygen atoms in total. The van der Waals surface area contributed by atoms with Gasteiger partial charge < -0.3 is 5.32 Å². The summed E-state index contributed by atoms with van der Waals surface area (Å²) in [6, 6.07) is 2.11. The fourth-order valence-corrected chi connectivity index (χ4v) is 2.50. The molecule has 3 heterocycles. The van der Waals surface area contributed by atoms with Crippen LogP contribution in [0.15, 0.2) is 18.5 Å². The zero-order valence-corrected chi connectivity index (χ0v) is 10.2. The molecule has 17 heavy (non-hydrogen) atoms. The van der Waals surface area contributed by atoms with Crippen molar-refractivity contribution in [1.29, 1.82) is 0 Å². The third-order valence-electron chi connectivity index (χ3n) is 3.45. The van der Waals surface area contributed by atoms with Gasteiger partial charge in [-0.1, -0.05) is 0 Å². The van der Waals surface area contributed by atoms with E-state index >= 15 is 0 Å². The summed E-state index contributed by atoms with van der Waals surface area (Å²) in [4.78, 5) is 4.38. The highest BCUT2D eigenvalue weighted by atomic mass is 15.2. The first kappa shape index (κ1) is 10.7. The summed E-state index contributed by atoms with van der Waals surface area (Å²) < 4.78 is 1.89. The molecule has 0 aromatic carbocycles. The highest BCUT2D eigenvalue weighted by molar-refractivity contribution is 5.39. The Morgan fingerprint density at radius 2 is 2.24 bits per heavy atom. The summed E-state index contributed by atoms with van der Waals surface area (Å²) in [5.41, 5.74) is 3.28. The fraction of sp³-hybridized carbons (Fsp3) is 0.538. The SMILES string of the molecule is Cc1cnc2cc(CC3CCNCC3)nn2c1. The van der Waals surface area contributed by atoms with Gasteiger partial charge in [-0.25, -0.2) is 9.50 Å². The molecule has 1 fully saturated rings. The summed E-state index contributed by atoms with van der Waals surface area (Å²) >= 11 is 0. The van der Waals surface area contributed by atoms with E-state index in [0.29, 0.717) is 0 Å². The van der Waals surface area contributed by atoms with Gasteiger partial charge in [0.15, 0.2) is 5.65 Å². The first-order chi connectivity index (χ1) is 8.31. The molecule has 1 aliphatic heterocycles. The Labute approximate surface area is 101 Å². The van der Waals surface area contributed by atoms with Crippen LogP contribution in [0.1, 0.15) is 24.1 Å². The van der Waals surface area contributed by atoms with Crippen LogP contribution in [-0.4, -0.2) is 27.7 Å². The third-order valence-corrected chi connectivity index (χ3v) is 3.45. The molecule has 0 unspecified atom stereocenters. The first-order valence-electron chi connectivity index (χ1n) is 6.33. The second-order valence-corrected chi connectivity index (χ2v) is 4.97. The summed E-state index contributed by atoms with van der Waals surface area (Å²) in [6.45, 7) is 4.34. The number of nitrogens with zero attached hydrogens (tertiary/aromatic N) is 3. The molecule has 0 aliphatic carbocycles. The van der Waals surface area contributed by atoms with Gasteiger partial charge in [-0.15, -0.1) is 0 Å². The molecular weight excluding hydrogens is 212 g/mol. The molecule has 3 rings (SSSR count). The third kappa shape index (κ3) is 2.31. The first-order valence-corrected chi connectivity index (χ1v) is 6.33. The van der Waals surface area contributed by atoms with Crippen LogP contribution in [0.4, 0.5) is 0 Å². The zero-order chi connectivity index (χ0) is 11.7. The Balaban J connectivity index is 1.80. The Hall–Kier alpha value is -1.42. The average molecular weight is 230 g/mol. The maximum Gasteiger partial charge on any atom is 0.155 e. The van der Waals surface area contributed by atoms with Gasteiger partial charge in [0.25, 0.3) is 0 Å². The van der Waals surface area contributed by atoms with Crippen molar-refractivity contribution in [3.05, 3.63) is 29.7 Å². The molecule has 0 radical (unpaired) electrons. The van der Waals surface area contributed by atoms with E-state index in [0.717, 1.165) is 36.6 Å². The van der Waals surface area contributed by atoms with E-state index in [1.807, 2.05) is 23.8 Å². The second-order valence-electron chi connectivity index (χ2n) is 4.97. The highest BCUT2D eigenvalue weighted by Gasteiger charge is 2.15. The van der Waals surface area contributed by atoms with Crippen LogP contribution in [0, 0.1) is 12.8 Å². The van der Waals surface area contributed by atoms with E-state index in [2.05, 4.69) is 21.5 Å². The smallest absolute Gasteiger partial charge is 0.155 e. The van der Waals surface area contributed by atoms with E-state index in [-0.39, 0.29) is 0 Å². The number of aromatic nitrogens is 3. The number of aryl methyl sites for hydroxylation is 1. The van der Waals surface area contributed by atoms with Gasteiger partial charge in [0.1, 0.15) is 0 Å². The number of nitrogens with one attached hydrogen (secondary N) is 1. The van der Waals surface area contributed by atoms with Gasteiger partial charge in [0, 0.05) is 18.5 Å². The van der Waals surface area contributed by atoms with Crippen LogP contribution in [0.5, 0.6) is 0 Å². The maximum absolute atomic E-state index is 4.60. The predicted molar refractivity (Wildman–Crippen MR) is 67.0 cm³/mol. The number of piperidine rings is 1. The minimum absolute atomic E-state index is 0.780. The predicted octanol–water partition coefficient (Wildman–Crippen LogP) is 1.58. The van der Waals surface area contributed by atoms with E-state index < -0.39 is 0 Å². The molecule has 2 aromatic rings. The van der Waals surface area contributed by atoms with Crippen molar-refractivity contribution in [2.45, 2.75) is 26.2 Å². The van der Waals surface area contributed by atoms with Crippen LogP contribution >= 0.6 is 0 Å². The lowest BCUT2D eigenvalue weighted by Gasteiger charge is -2.21. The van der Waals surface area contributed by atoms with E-state index in [4.69, 9.17) is 0 Å². The maximum atomic E-state index is 4.60. The zero-order valence-electron chi connectivity index (χ0n) is 10.2. The van der Waals surface area contributed by atoms with Gasteiger partial charge >= 0.3 is 0 Å². The average Bonchev–Trinajstić information content (AvgIpc) is 2.71. The summed E-state index contributed by atoms with van der Waals surface area (Å²) in [6.07, 6.45) is 7.55. The van der Waals surface area contributed by atoms with Gasteiger partial charge in [-0.3, -0.25) is 0 Å². The van der Waals surface area contributed by atoms with Crippen molar-refractivity contribution in [3.8, 4) is 0 Å². The Morgan fingerprint density at radius 1 is 1.41 bits per heavy atom. The number of fused-ring (bicyclic) bond motifs is 1. The van der Waals surface area contributed by atoms with Crippen molar-refractivity contribution in [3.63, 3.8) is 0 Å². The second kappa shape index (κ2) is 4.45. The Morgan fingerprint density at radius 3 is 3.06 bits per heavy atom. The molecule has 0 saturated carbocycles. The lowest BCUT2D eigenvalue weighted by atomic mass is 9.93. The van der Waals surface area contributed by atoms with Crippen LogP contribution in [0.2, 0.25) is 0 Å². The Kier molecular flexibility index (Phi) is 2.81. The van der Waals surface area contributed by atoms with Gasteiger partial charge in [0.2, 0.25) is 0 Å². The van der Waals surface area contributed by atoms with Crippen molar-refractivity contribution in [2.75, 3.05) is 13.1 Å². The van der Waals surface area contributed by atoms with E-state index in [1.165, 1.54) is 18.5 Å². The van der Waals surface area contributed by atoms with Crippen LogP contribution in [-0.2, 0) is 6.42 Å². The minimum Gasteiger partial charge on any atom is -0.317 e. The van der Waals surface area contributed by atoms with E-state index in [1.54, 1.807) is 0 Å². The van der Waals surface area contributed by atoms with Crippen LogP contribution in [0.25, 0.3) is 5.65 Å². The summed E-state index contributed by atoms with van der Waals surface area (Å²) in [5.74, 6) is 0.780. The van der Waals surface area contributed by atoms with Crippen LogP contribution in [0.3, 0.4) is 0 Å². The van der Waals surface area contributed by atoms with Crippen molar-refractivity contribution >= 4 is 5.65 Å². The topological polar surface area (TPSA) is 42.2 Å². The largest absolute Gasteiger partial charge is 0.317 e. The molecule has 0 amide bonds. The monoisotopic (exact) mass is 230 g/mol. The number of hydrogen-bond acceptors (Lipinski definition) is 3. The van der Waals surface area contributed by atoms with E-state index in [9.17, 15) is 0 Å². The lowest BCUT2D eigenvalue weighted by Crippen LogP contribution is -2.28. The van der Waals surface area contributed by atoms with Crippen molar-refractivity contribution < 1.29 is 0 Å². The van der Waals surface area contributed by atoms with Crippen LogP contribution < -0.4 is 5.32 Å². The van der Waals surface area contributed by atoms with Gasteiger partial charge in [-0.2, -0.15) is 5.10 Å². The van der Waals surface area contributed by atoms with Crippen molar-refractivity contribution in [2.24, 2.45) is 5.92 Å². The summed E-state index contributed by atoms with van der Waals surface area (Å²) in [5, 5.41) is 8.00. The molecule has 1 saturated heterocycles. The van der Waals surface area contributed by atoms with Gasteiger partial charge in [-0.05, 0) is 50.8 Å². The van der Waals surface area contributed by atoms with Gasteiger partial charge in [0.05, 0.1) is 5.69 Å². The number of hydrogen-bond donors (Lipinski definition) is 1. The molecule has 1 N–H and O–H groups in total. The Bertz CT molecular complexity index is 511. The summed E-state index contributed by atoms with van der Waals surface area (Å²) in [7, 11) is 0. The molecule has 1 aliphatic rings. The lowest BCUT2D eigenvalue weighted by molar-refractivity contribution is 0.370. The highest BCUT2D eigenvalue weighted by Crippen LogP contribution is 2.17. The molecule has 2 aromatic heterocycles. The standard InChI is InChI=1S/C13H18N4/c1-10-8-15-13-7-12(16-17(13)9-10)6-11-2-4-14-5-3-11/h7-9,11,14H,2-6H2,1H3. The van der Waals surface area contributed by atoms with Crippen molar-refractivity contribution in [1.82, 2.24) is 19.9 Å². The molecule has 90 valence electrons. The molecule has 0 spiro atoms. The minimum atomic E-state index is 0.780. The molecular formula is C13H18N4. The molecule has 4 heteroatoms. The molecule has 0 bridgehead atoms. The number of rotatable bonds is 2.